The van der Waals surface area contributed by atoms with Crippen LogP contribution in [0.1, 0.15) is 30.0 Å². The summed E-state index contributed by atoms with van der Waals surface area (Å²) in [6.45, 7) is 2.06. The molecule has 1 N–H and O–H groups in total. The second-order valence-corrected chi connectivity index (χ2v) is 5.21. The van der Waals surface area contributed by atoms with Gasteiger partial charge in [0.05, 0.1) is 10.5 Å². The molecule has 0 aliphatic heterocycles. The van der Waals surface area contributed by atoms with E-state index in [1.54, 1.807) is 6.07 Å². The van der Waals surface area contributed by atoms with E-state index in [1.165, 1.54) is 6.07 Å². The average Bonchev–Trinajstić information content (AvgIpc) is 2.89. The zero-order valence-electron chi connectivity index (χ0n) is 11.0. The molecule has 0 aliphatic rings. The summed E-state index contributed by atoms with van der Waals surface area (Å²) in [5.41, 5.74) is 0.925. The number of rotatable bonds is 5. The van der Waals surface area contributed by atoms with Gasteiger partial charge in [0, 0.05) is 6.42 Å². The lowest BCUT2D eigenvalue weighted by Crippen LogP contribution is -2.18. The lowest BCUT2D eigenvalue weighted by atomic mass is 10.0. The van der Waals surface area contributed by atoms with Gasteiger partial charge in [-0.25, -0.2) is 4.39 Å². The van der Waals surface area contributed by atoms with E-state index in [0.29, 0.717) is 10.9 Å². The molecular weight excluding hydrogens is 309 g/mol. The first-order valence-corrected chi connectivity index (χ1v) is 7.13. The molecule has 1 heterocycles. The van der Waals surface area contributed by atoms with Crippen molar-refractivity contribution >= 4 is 15.9 Å². The average molecular weight is 326 g/mol. The van der Waals surface area contributed by atoms with Crippen molar-refractivity contribution in [2.24, 2.45) is 0 Å². The molecule has 0 amide bonds. The fourth-order valence-electron chi connectivity index (χ4n) is 2.04. The molecule has 0 fully saturated rings. The lowest BCUT2D eigenvalue weighted by molar-refractivity contribution is 0.406. The third-order valence-electron chi connectivity index (χ3n) is 3.18. The van der Waals surface area contributed by atoms with Gasteiger partial charge in [-0.3, -0.25) is 0 Å². The Kier molecular flexibility index (Phi) is 4.77. The highest BCUT2D eigenvalue weighted by molar-refractivity contribution is 9.10. The van der Waals surface area contributed by atoms with Crippen LogP contribution in [0.25, 0.3) is 0 Å². The fraction of sp³-hybridized carbons (Fsp3) is 0.333. The number of nitrogens with one attached hydrogen (secondary N) is 1. The monoisotopic (exact) mass is 325 g/mol. The number of hydrogen-bond acceptors (Lipinski definition) is 2. The van der Waals surface area contributed by atoms with Crippen molar-refractivity contribution in [1.29, 1.82) is 0 Å². The molecule has 19 heavy (non-hydrogen) atoms. The standard InChI is InChI=1S/C15H17BrFNO/c1-3-11-7-8-14(19-11)13(18-2)9-10-5-4-6-12(17)15(10)16/h4-8,13,18H,3,9H2,1-2H3. The van der Waals surface area contributed by atoms with Crippen LogP contribution in [0.15, 0.2) is 39.2 Å². The van der Waals surface area contributed by atoms with Crippen LogP contribution in [-0.4, -0.2) is 7.05 Å². The molecule has 1 unspecified atom stereocenters. The Morgan fingerprint density at radius 3 is 2.74 bits per heavy atom. The van der Waals surface area contributed by atoms with E-state index in [-0.39, 0.29) is 11.9 Å². The van der Waals surface area contributed by atoms with E-state index in [1.807, 2.05) is 25.2 Å². The second-order valence-electron chi connectivity index (χ2n) is 4.42. The zero-order valence-corrected chi connectivity index (χ0v) is 12.6. The quantitative estimate of drug-likeness (QED) is 0.889. The van der Waals surface area contributed by atoms with Crippen LogP contribution in [0.4, 0.5) is 4.39 Å². The van der Waals surface area contributed by atoms with Crippen molar-refractivity contribution in [1.82, 2.24) is 5.32 Å². The van der Waals surface area contributed by atoms with Crippen LogP contribution in [0.5, 0.6) is 0 Å². The molecule has 1 aromatic heterocycles. The minimum absolute atomic E-state index is 0.0402. The van der Waals surface area contributed by atoms with Gasteiger partial charge in [-0.15, -0.1) is 0 Å². The maximum Gasteiger partial charge on any atom is 0.137 e. The summed E-state index contributed by atoms with van der Waals surface area (Å²) in [5.74, 6) is 1.62. The first kappa shape index (κ1) is 14.3. The van der Waals surface area contributed by atoms with Crippen LogP contribution in [0.2, 0.25) is 0 Å². The smallest absolute Gasteiger partial charge is 0.137 e. The highest BCUT2D eigenvalue weighted by atomic mass is 79.9. The van der Waals surface area contributed by atoms with Crippen LogP contribution < -0.4 is 5.32 Å². The van der Waals surface area contributed by atoms with Gasteiger partial charge in [-0.2, -0.15) is 0 Å². The molecule has 2 nitrogen and oxygen atoms in total. The van der Waals surface area contributed by atoms with Crippen LogP contribution >= 0.6 is 15.9 Å². The highest BCUT2D eigenvalue weighted by Crippen LogP contribution is 2.26. The van der Waals surface area contributed by atoms with Crippen molar-refractivity contribution in [3.63, 3.8) is 0 Å². The SMILES string of the molecule is CCc1ccc(C(Cc2cccc(F)c2Br)NC)o1. The fourth-order valence-corrected chi connectivity index (χ4v) is 2.47. The van der Waals surface area contributed by atoms with Crippen molar-refractivity contribution in [3.8, 4) is 0 Å². The van der Waals surface area contributed by atoms with Crippen LogP contribution in [0.3, 0.4) is 0 Å². The number of aryl methyl sites for hydroxylation is 1. The van der Waals surface area contributed by atoms with Crippen molar-refractivity contribution < 1.29 is 8.81 Å². The van der Waals surface area contributed by atoms with E-state index >= 15 is 0 Å². The van der Waals surface area contributed by atoms with Crippen LogP contribution in [-0.2, 0) is 12.8 Å². The van der Waals surface area contributed by atoms with Gasteiger partial charge in [-0.05, 0) is 53.2 Å². The Morgan fingerprint density at radius 1 is 1.32 bits per heavy atom. The molecule has 4 heteroatoms. The van der Waals surface area contributed by atoms with Crippen molar-refractivity contribution in [2.45, 2.75) is 25.8 Å². The van der Waals surface area contributed by atoms with Gasteiger partial charge >= 0.3 is 0 Å². The van der Waals surface area contributed by atoms with Gasteiger partial charge in [0.1, 0.15) is 17.3 Å². The molecule has 0 spiro atoms. The normalized spacial score (nSPS) is 12.6. The molecule has 0 saturated heterocycles. The maximum atomic E-state index is 13.5. The third kappa shape index (κ3) is 3.25. The van der Waals surface area contributed by atoms with Crippen LogP contribution in [0, 0.1) is 5.82 Å². The molecule has 1 atom stereocenters. The predicted octanol–water partition coefficient (Wildman–Crippen LogP) is 4.25. The molecule has 102 valence electrons. The van der Waals surface area contributed by atoms with Crippen molar-refractivity contribution in [3.05, 3.63) is 57.7 Å². The molecular formula is C15H17BrFNO. The molecule has 2 aromatic rings. The zero-order chi connectivity index (χ0) is 13.8. The summed E-state index contributed by atoms with van der Waals surface area (Å²) in [6.07, 6.45) is 1.55. The molecule has 2 rings (SSSR count). The third-order valence-corrected chi connectivity index (χ3v) is 4.07. The molecule has 1 aromatic carbocycles. The van der Waals surface area contributed by atoms with E-state index in [0.717, 1.165) is 23.5 Å². The molecule has 0 saturated carbocycles. The number of halogens is 2. The molecule has 0 radical (unpaired) electrons. The van der Waals surface area contributed by atoms with Crippen molar-refractivity contribution in [2.75, 3.05) is 7.05 Å². The second kappa shape index (κ2) is 6.35. The van der Waals surface area contributed by atoms with Gasteiger partial charge < -0.3 is 9.73 Å². The Labute approximate surface area is 121 Å². The summed E-state index contributed by atoms with van der Waals surface area (Å²) in [6, 6.07) is 9.10. The van der Waals surface area contributed by atoms with E-state index in [9.17, 15) is 4.39 Å². The maximum absolute atomic E-state index is 13.5. The Balaban J connectivity index is 2.21. The first-order valence-electron chi connectivity index (χ1n) is 6.34. The molecule has 0 aliphatic carbocycles. The van der Waals surface area contributed by atoms with Gasteiger partial charge in [0.2, 0.25) is 0 Å². The number of likely N-dealkylation sites (N-methyl/N-ethyl adjacent to an activating group) is 1. The highest BCUT2D eigenvalue weighted by Gasteiger charge is 2.16. The number of furan rings is 1. The van der Waals surface area contributed by atoms with E-state index in [2.05, 4.69) is 28.2 Å². The van der Waals surface area contributed by atoms with Gasteiger partial charge in [-0.1, -0.05) is 19.1 Å². The Hall–Kier alpha value is -1.13. The summed E-state index contributed by atoms with van der Waals surface area (Å²) in [5, 5.41) is 3.21. The summed E-state index contributed by atoms with van der Waals surface area (Å²) < 4.78 is 19.8. The van der Waals surface area contributed by atoms with Gasteiger partial charge in [0.25, 0.3) is 0 Å². The molecule has 0 bridgehead atoms. The minimum atomic E-state index is -0.235. The van der Waals surface area contributed by atoms with E-state index < -0.39 is 0 Å². The summed E-state index contributed by atoms with van der Waals surface area (Å²) in [7, 11) is 1.88. The Bertz CT molecular complexity index is 553. The first-order chi connectivity index (χ1) is 9.15. The van der Waals surface area contributed by atoms with Gasteiger partial charge in [0.15, 0.2) is 0 Å². The minimum Gasteiger partial charge on any atom is -0.464 e. The largest absolute Gasteiger partial charge is 0.464 e. The predicted molar refractivity (Wildman–Crippen MR) is 77.7 cm³/mol. The number of hydrogen-bond donors (Lipinski definition) is 1. The summed E-state index contributed by atoms with van der Waals surface area (Å²) >= 11 is 3.30. The summed E-state index contributed by atoms with van der Waals surface area (Å²) in [4.78, 5) is 0. The topological polar surface area (TPSA) is 25.2 Å². The Morgan fingerprint density at radius 2 is 2.11 bits per heavy atom. The van der Waals surface area contributed by atoms with E-state index in [4.69, 9.17) is 4.42 Å². The lowest BCUT2D eigenvalue weighted by Gasteiger charge is -2.15. The number of benzene rings is 1.